The molecule has 1 aliphatic rings. The van der Waals surface area contributed by atoms with E-state index in [0.29, 0.717) is 28.8 Å². The second kappa shape index (κ2) is 13.6. The number of carbonyl (C=O) groups is 1. The van der Waals surface area contributed by atoms with E-state index in [4.69, 9.17) is 21.3 Å². The van der Waals surface area contributed by atoms with E-state index in [1.807, 2.05) is 56.3 Å². The van der Waals surface area contributed by atoms with E-state index in [1.54, 1.807) is 17.0 Å². The predicted molar refractivity (Wildman–Crippen MR) is 169 cm³/mol. The number of fused-ring (bicyclic) bond motifs is 1. The van der Waals surface area contributed by atoms with Gasteiger partial charge in [-0.15, -0.1) is 0 Å². The normalized spacial score (nSPS) is 14.5. The van der Waals surface area contributed by atoms with Crippen LogP contribution in [0.2, 0.25) is 5.02 Å². The summed E-state index contributed by atoms with van der Waals surface area (Å²) in [5, 5.41) is 1.23. The van der Waals surface area contributed by atoms with E-state index in [-0.39, 0.29) is 17.3 Å². The predicted octanol–water partition coefficient (Wildman–Crippen LogP) is 5.84. The Kier molecular flexibility index (Phi) is 9.92. The number of hydrogen-bond donors (Lipinski definition) is 0. The summed E-state index contributed by atoms with van der Waals surface area (Å²) in [6.45, 7) is 8.86. The number of rotatable bonds is 11. The van der Waals surface area contributed by atoms with Crippen LogP contribution in [-0.4, -0.2) is 74.5 Å². The van der Waals surface area contributed by atoms with Gasteiger partial charge in [0.1, 0.15) is 0 Å². The minimum atomic E-state index is -3.75. The highest BCUT2D eigenvalue weighted by atomic mass is 35.5. The molecule has 0 aliphatic carbocycles. The number of halogens is 1. The number of hydrogen-bond acceptors (Lipinski definition) is 7. The molecule has 8 nitrogen and oxygen atoms in total. The Morgan fingerprint density at radius 1 is 1.05 bits per heavy atom. The molecule has 1 aliphatic heterocycles. The Morgan fingerprint density at radius 3 is 2.45 bits per heavy atom. The molecule has 3 aromatic carbocycles. The zero-order chi connectivity index (χ0) is 29.7. The van der Waals surface area contributed by atoms with Crippen molar-refractivity contribution in [3.05, 3.63) is 88.4 Å². The maximum absolute atomic E-state index is 13.9. The van der Waals surface area contributed by atoms with Gasteiger partial charge >= 0.3 is 0 Å². The molecule has 1 fully saturated rings. The third kappa shape index (κ3) is 6.85. The van der Waals surface area contributed by atoms with Crippen LogP contribution in [0.3, 0.4) is 0 Å². The van der Waals surface area contributed by atoms with Gasteiger partial charge in [-0.2, -0.15) is 4.31 Å². The molecule has 1 amide bonds. The number of ether oxygens (including phenoxy) is 1. The monoisotopic (exact) mass is 626 g/mol. The fraction of sp³-hybridized carbons (Fsp3) is 0.355. The number of nitrogens with zero attached hydrogens (tertiary/aromatic N) is 4. The van der Waals surface area contributed by atoms with E-state index in [2.05, 4.69) is 4.90 Å². The summed E-state index contributed by atoms with van der Waals surface area (Å²) in [5.74, 6) is -0.222. The molecule has 4 aromatic rings. The molecule has 42 heavy (non-hydrogen) atoms. The number of benzene rings is 3. The van der Waals surface area contributed by atoms with Gasteiger partial charge in [-0.25, -0.2) is 13.4 Å². The van der Waals surface area contributed by atoms with Crippen LogP contribution in [0.1, 0.15) is 34.8 Å². The quantitative estimate of drug-likeness (QED) is 0.208. The number of aromatic nitrogens is 1. The molecule has 1 saturated heterocycles. The van der Waals surface area contributed by atoms with Gasteiger partial charge in [-0.05, 0) is 60.9 Å². The topological polar surface area (TPSA) is 83.1 Å². The maximum Gasteiger partial charge on any atom is 0.260 e. The Bertz CT molecular complexity index is 1620. The summed E-state index contributed by atoms with van der Waals surface area (Å²) >= 11 is 7.80. The first-order valence-corrected chi connectivity index (χ1v) is 16.7. The summed E-state index contributed by atoms with van der Waals surface area (Å²) < 4.78 is 34.8. The minimum absolute atomic E-state index is 0.154. The van der Waals surface area contributed by atoms with Crippen LogP contribution in [-0.2, 0) is 21.3 Å². The van der Waals surface area contributed by atoms with Crippen LogP contribution in [0.25, 0.3) is 10.2 Å². The lowest BCUT2D eigenvalue weighted by atomic mass is 10.2. The zero-order valence-corrected chi connectivity index (χ0v) is 26.2. The number of morpholine rings is 1. The second-order valence-corrected chi connectivity index (χ2v) is 13.6. The Labute approximate surface area is 256 Å². The van der Waals surface area contributed by atoms with Gasteiger partial charge in [-0.1, -0.05) is 60.2 Å². The van der Waals surface area contributed by atoms with E-state index < -0.39 is 10.0 Å². The number of anilines is 1. The van der Waals surface area contributed by atoms with Crippen molar-refractivity contribution in [3.63, 3.8) is 0 Å². The Balaban J connectivity index is 1.38. The first-order valence-electron chi connectivity index (χ1n) is 14.1. The van der Waals surface area contributed by atoms with Crippen molar-refractivity contribution >= 4 is 54.2 Å². The maximum atomic E-state index is 13.9. The van der Waals surface area contributed by atoms with Crippen LogP contribution in [0, 0.1) is 6.92 Å². The van der Waals surface area contributed by atoms with Crippen LogP contribution in [0.15, 0.2) is 71.6 Å². The van der Waals surface area contributed by atoms with Gasteiger partial charge in [0.05, 0.1) is 28.3 Å². The van der Waals surface area contributed by atoms with Crippen molar-refractivity contribution in [3.8, 4) is 0 Å². The molecule has 222 valence electrons. The third-order valence-electron chi connectivity index (χ3n) is 7.47. The molecule has 0 saturated carbocycles. The molecule has 0 spiro atoms. The lowest BCUT2D eigenvalue weighted by Crippen LogP contribution is -2.39. The van der Waals surface area contributed by atoms with Crippen molar-refractivity contribution in [1.82, 2.24) is 14.2 Å². The second-order valence-electron chi connectivity index (χ2n) is 10.2. The summed E-state index contributed by atoms with van der Waals surface area (Å²) in [4.78, 5) is 22.9. The largest absolute Gasteiger partial charge is 0.379 e. The fourth-order valence-electron chi connectivity index (χ4n) is 4.99. The van der Waals surface area contributed by atoms with Gasteiger partial charge in [-0.3, -0.25) is 14.6 Å². The van der Waals surface area contributed by atoms with Crippen LogP contribution in [0.5, 0.6) is 0 Å². The highest BCUT2D eigenvalue weighted by Gasteiger charge is 2.26. The van der Waals surface area contributed by atoms with Crippen molar-refractivity contribution in [2.45, 2.75) is 31.7 Å². The fourth-order valence-corrected chi connectivity index (χ4v) is 7.63. The summed E-state index contributed by atoms with van der Waals surface area (Å²) in [5.41, 5.74) is 2.98. The number of carbonyl (C=O) groups excluding carboxylic acids is 1. The van der Waals surface area contributed by atoms with Crippen molar-refractivity contribution in [2.24, 2.45) is 0 Å². The number of aryl methyl sites for hydroxylation is 1. The Morgan fingerprint density at radius 2 is 1.76 bits per heavy atom. The zero-order valence-electron chi connectivity index (χ0n) is 23.8. The smallest absolute Gasteiger partial charge is 0.260 e. The number of amides is 1. The van der Waals surface area contributed by atoms with Gasteiger partial charge in [0.25, 0.3) is 5.91 Å². The van der Waals surface area contributed by atoms with Crippen molar-refractivity contribution in [1.29, 1.82) is 0 Å². The number of sulfonamides is 1. The molecular weight excluding hydrogens is 592 g/mol. The van der Waals surface area contributed by atoms with Gasteiger partial charge < -0.3 is 4.74 Å². The first kappa shape index (κ1) is 30.6. The molecule has 1 aromatic heterocycles. The van der Waals surface area contributed by atoms with Crippen LogP contribution in [0.4, 0.5) is 5.13 Å². The molecular formula is C31H35ClN4O4S2. The van der Waals surface area contributed by atoms with Gasteiger partial charge in [0, 0.05) is 49.9 Å². The lowest BCUT2D eigenvalue weighted by Gasteiger charge is -2.27. The van der Waals surface area contributed by atoms with E-state index in [1.165, 1.54) is 27.8 Å². The molecule has 0 unspecified atom stereocenters. The van der Waals surface area contributed by atoms with Crippen molar-refractivity contribution < 1.29 is 17.9 Å². The standard InChI is InChI=1S/C31H35ClN4O4S2/c1-3-35(22-24-8-5-4-6-9-24)42(38,39)26-12-10-25(11-13-26)30(37)36(17-7-16-34-18-20-40-21-19-34)31-33-29-23(2)27(32)14-15-28(29)41-31/h4-6,8-15H,3,7,16-22H2,1-2H3. The van der Waals surface area contributed by atoms with E-state index >= 15 is 0 Å². The molecule has 0 atom stereocenters. The SMILES string of the molecule is CCN(Cc1ccccc1)S(=O)(=O)c1ccc(C(=O)N(CCCN2CCOCC2)c2nc3c(C)c(Cl)ccc3s2)cc1. The summed E-state index contributed by atoms with van der Waals surface area (Å²) in [7, 11) is -3.75. The van der Waals surface area contributed by atoms with Gasteiger partial charge in [0.15, 0.2) is 5.13 Å². The van der Waals surface area contributed by atoms with Crippen LogP contribution < -0.4 is 4.90 Å². The Hall–Kier alpha value is -2.86. The molecule has 0 N–H and O–H groups in total. The summed E-state index contributed by atoms with van der Waals surface area (Å²) in [6, 6.07) is 19.5. The lowest BCUT2D eigenvalue weighted by molar-refractivity contribution is 0.0376. The number of thiazole rings is 1. The highest BCUT2D eigenvalue weighted by Crippen LogP contribution is 2.34. The van der Waals surface area contributed by atoms with E-state index in [0.717, 1.165) is 60.6 Å². The molecule has 5 rings (SSSR count). The van der Waals surface area contributed by atoms with Crippen LogP contribution >= 0.6 is 22.9 Å². The summed E-state index contributed by atoms with van der Waals surface area (Å²) in [6.07, 6.45) is 0.763. The molecule has 2 heterocycles. The molecule has 0 radical (unpaired) electrons. The average molecular weight is 627 g/mol. The average Bonchev–Trinajstić information content (AvgIpc) is 3.45. The minimum Gasteiger partial charge on any atom is -0.379 e. The third-order valence-corrected chi connectivity index (χ3v) is 10.9. The van der Waals surface area contributed by atoms with E-state index in [9.17, 15) is 13.2 Å². The van der Waals surface area contributed by atoms with Gasteiger partial charge in [0.2, 0.25) is 10.0 Å². The highest BCUT2D eigenvalue weighted by molar-refractivity contribution is 7.89. The van der Waals surface area contributed by atoms with Crippen molar-refractivity contribution in [2.75, 3.05) is 50.8 Å². The molecule has 0 bridgehead atoms. The first-order chi connectivity index (χ1) is 20.3. The molecule has 11 heteroatoms.